The Bertz CT molecular complexity index is 4420. The number of hydrogen-bond donors (Lipinski definition) is 6. The quantitative estimate of drug-likeness (QED) is 0.0190. The van der Waals surface area contributed by atoms with Crippen LogP contribution < -0.4 is 10.1 Å². The third-order valence-corrected chi connectivity index (χ3v) is 16.9. The number of fused-ring (bicyclic) bond motifs is 6. The van der Waals surface area contributed by atoms with Crippen molar-refractivity contribution in [1.82, 2.24) is 14.4 Å². The zero-order chi connectivity index (χ0) is 56.6. The number of nitrogens with one attached hydrogen (secondary N) is 1. The van der Waals surface area contributed by atoms with E-state index in [0.29, 0.717) is 37.2 Å². The predicted octanol–water partition coefficient (Wildman–Crippen LogP) is 10.5. The van der Waals surface area contributed by atoms with E-state index in [1.807, 2.05) is 6.07 Å². The van der Waals surface area contributed by atoms with Gasteiger partial charge in [-0.15, -0.1) is 37.3 Å². The molecule has 0 radical (unpaired) electrons. The monoisotopic (exact) mass is 1180 g/mol. The maximum atomic E-state index is 12.6. The number of carbonyl (C=O) groups excluding carboxylic acids is 1. The van der Waals surface area contributed by atoms with Gasteiger partial charge in [-0.3, -0.25) is 27.4 Å². The van der Waals surface area contributed by atoms with Crippen molar-refractivity contribution >= 4 is 146 Å². The Morgan fingerprint density at radius 2 is 1.41 bits per heavy atom. The van der Waals surface area contributed by atoms with E-state index in [9.17, 15) is 67.0 Å². The fraction of sp³-hybridized carbons (Fsp3) is 0.217. The van der Waals surface area contributed by atoms with Gasteiger partial charge in [0.1, 0.15) is 43.9 Å². The van der Waals surface area contributed by atoms with Gasteiger partial charge in [0.2, 0.25) is 16.9 Å². The maximum Gasteiger partial charge on any atom is 0.298 e. The van der Waals surface area contributed by atoms with E-state index in [1.165, 1.54) is 31.2 Å². The van der Waals surface area contributed by atoms with Crippen LogP contribution in [0.2, 0.25) is 0 Å². The number of azo groups is 3. The molecular weight excluding hydrogens is 1140 g/mol. The van der Waals surface area contributed by atoms with Gasteiger partial charge in [0.25, 0.3) is 40.5 Å². The number of nitriles is 1. The Kier molecular flexibility index (Phi) is 16.1. The molecule has 406 valence electrons. The lowest BCUT2D eigenvalue weighted by atomic mass is 10.1. The number of ether oxygens (including phenoxy) is 1. The Balaban J connectivity index is 1.18. The van der Waals surface area contributed by atoms with E-state index in [2.05, 4.69) is 46.0 Å². The number of nitrogens with zero attached hydrogens (tertiary/aromatic N) is 10. The van der Waals surface area contributed by atoms with Gasteiger partial charge in [-0.05, 0) is 92.3 Å². The van der Waals surface area contributed by atoms with Crippen LogP contribution in [0.25, 0.3) is 37.7 Å². The Hall–Kier alpha value is -7.45. The molecule has 0 unspecified atom stereocenters. The molecule has 0 spiro atoms. The van der Waals surface area contributed by atoms with Gasteiger partial charge in [0.05, 0.1) is 51.1 Å². The number of thioether (sulfide) groups is 1. The lowest BCUT2D eigenvalue weighted by molar-refractivity contribution is -0.114. The van der Waals surface area contributed by atoms with Crippen LogP contribution in [0.1, 0.15) is 42.0 Å². The minimum Gasteiger partial charge on any atom is -0.493 e. The summed E-state index contributed by atoms with van der Waals surface area (Å²) < 4.78 is 143. The SMILES string of the molecule is CC(=O)Nc1ccc2c(nc3c(C#N)c(C)c(N=Nc4cc(C)c(N=Nc5cc(C)c(N=Nc6nc7c(S(=O)(=O)O)cc8ccccc8c7s6)cc5SCCCS(=O)(=O)O)cc4OCCCS(=O)(=O)O)c(O)n32)c1S(=O)(=O)O. The minimum atomic E-state index is -5.07. The van der Waals surface area contributed by atoms with Crippen molar-refractivity contribution in [3.63, 3.8) is 0 Å². The van der Waals surface area contributed by atoms with Crippen molar-refractivity contribution in [2.45, 2.75) is 55.2 Å². The van der Waals surface area contributed by atoms with Crippen LogP contribution in [0.3, 0.4) is 0 Å². The van der Waals surface area contributed by atoms with Crippen molar-refractivity contribution in [3.05, 3.63) is 89.0 Å². The molecule has 0 aliphatic carbocycles. The van der Waals surface area contributed by atoms with Gasteiger partial charge in [0, 0.05) is 28.8 Å². The molecule has 0 aliphatic rings. The smallest absolute Gasteiger partial charge is 0.298 e. The van der Waals surface area contributed by atoms with Gasteiger partial charge >= 0.3 is 0 Å². The first-order valence-corrected chi connectivity index (χ1v) is 30.4. The number of rotatable bonds is 19. The third-order valence-electron chi connectivity index (χ3n) is 11.4. The molecule has 0 saturated heterocycles. The number of aromatic nitrogens is 3. The highest BCUT2D eigenvalue weighted by atomic mass is 32.2. The summed E-state index contributed by atoms with van der Waals surface area (Å²) in [5, 5.41) is 51.9. The molecule has 3 aromatic heterocycles. The summed E-state index contributed by atoms with van der Waals surface area (Å²) in [6, 6.07) is 18.7. The first-order valence-electron chi connectivity index (χ1n) is 22.5. The van der Waals surface area contributed by atoms with E-state index in [0.717, 1.165) is 40.5 Å². The number of thiazole rings is 1. The topological polar surface area (TPSA) is 404 Å². The summed E-state index contributed by atoms with van der Waals surface area (Å²) in [5.74, 6) is -2.42. The highest BCUT2D eigenvalue weighted by Crippen LogP contribution is 2.44. The molecule has 0 bridgehead atoms. The minimum absolute atomic E-state index is 0.00242. The number of hydrogen-bond acceptors (Lipinski definition) is 22. The van der Waals surface area contributed by atoms with E-state index in [-0.39, 0.29) is 92.3 Å². The van der Waals surface area contributed by atoms with Crippen LogP contribution in [0.4, 0.5) is 39.3 Å². The van der Waals surface area contributed by atoms with Crippen LogP contribution in [0.5, 0.6) is 11.6 Å². The van der Waals surface area contributed by atoms with Crippen molar-refractivity contribution in [2.24, 2.45) is 30.7 Å². The number of imidazole rings is 1. The summed E-state index contributed by atoms with van der Waals surface area (Å²) in [6.45, 7) is 5.55. The average molecular weight is 1180 g/mol. The molecular formula is C46H41N11O15S6. The van der Waals surface area contributed by atoms with Crippen LogP contribution in [0, 0.1) is 32.1 Å². The summed E-state index contributed by atoms with van der Waals surface area (Å²) in [6.07, 6.45) is -0.153. The molecule has 26 nitrogen and oxygen atoms in total. The molecule has 0 fully saturated rings. The molecule has 32 heteroatoms. The number of pyridine rings is 1. The van der Waals surface area contributed by atoms with Gasteiger partial charge in [-0.1, -0.05) is 35.6 Å². The number of benzene rings is 5. The van der Waals surface area contributed by atoms with Gasteiger partial charge < -0.3 is 15.2 Å². The third kappa shape index (κ3) is 12.6. The number of aromatic hydroxyl groups is 1. The largest absolute Gasteiger partial charge is 0.493 e. The van der Waals surface area contributed by atoms with Crippen LogP contribution in [0.15, 0.2) is 112 Å². The summed E-state index contributed by atoms with van der Waals surface area (Å²) in [4.78, 5) is 19.8. The molecule has 0 saturated carbocycles. The van der Waals surface area contributed by atoms with E-state index >= 15 is 0 Å². The standard InChI is InChI=1S/C46H41N11O15S6/c1-23-17-33(53-55-39-25(3)29(22-47)44-49-40-35(57(44)45(39)59)12-11-30(48-26(4)58)43(40)78(69,70)71)36(72-13-7-15-75(60,61)62)20-31(23)51-54-34-18-24(2)32(21-37(34)73-14-8-16-76(63,64)65)52-56-46-50-41-38(77(66,67)68)19-27-9-5-6-10-28(27)42(41)74-46/h5-6,9-12,17-21,59H,7-8,13-16H2,1-4H3,(H,48,58)(H,60,61,62)(H,63,64,65)(H,66,67,68)(H,69,70,71). The van der Waals surface area contributed by atoms with E-state index < -0.39 is 79.1 Å². The molecule has 3 heterocycles. The molecule has 0 atom stereocenters. The van der Waals surface area contributed by atoms with Gasteiger partial charge in [-0.2, -0.15) is 44.0 Å². The average Bonchev–Trinajstić information content (AvgIpc) is 4.13. The molecule has 6 N–H and O–H groups in total. The number of aryl methyl sites for hydroxylation is 2. The van der Waals surface area contributed by atoms with Crippen molar-refractivity contribution in [3.8, 4) is 17.7 Å². The predicted molar refractivity (Wildman–Crippen MR) is 288 cm³/mol. The van der Waals surface area contributed by atoms with Crippen LogP contribution in [-0.2, 0) is 45.3 Å². The lowest BCUT2D eigenvalue weighted by Crippen LogP contribution is -2.11. The van der Waals surface area contributed by atoms with Crippen molar-refractivity contribution < 1.29 is 66.5 Å². The highest BCUT2D eigenvalue weighted by Gasteiger charge is 2.28. The highest BCUT2D eigenvalue weighted by molar-refractivity contribution is 7.99. The van der Waals surface area contributed by atoms with Crippen LogP contribution in [-0.4, -0.2) is 101 Å². The molecule has 78 heavy (non-hydrogen) atoms. The maximum absolute atomic E-state index is 12.6. The molecule has 8 rings (SSSR count). The summed E-state index contributed by atoms with van der Waals surface area (Å²) in [7, 11) is -18.4. The molecule has 8 aromatic rings. The van der Waals surface area contributed by atoms with Crippen molar-refractivity contribution in [2.75, 3.05) is 29.2 Å². The van der Waals surface area contributed by atoms with E-state index in [4.69, 9.17) is 4.74 Å². The normalized spacial score (nSPS) is 12.8. The number of anilines is 1. The second kappa shape index (κ2) is 22.1. The fourth-order valence-electron chi connectivity index (χ4n) is 7.88. The Morgan fingerprint density at radius 3 is 2.08 bits per heavy atom. The van der Waals surface area contributed by atoms with Gasteiger partial charge in [-0.25, -0.2) is 9.97 Å². The fourth-order valence-corrected chi connectivity index (χ4v) is 12.5. The zero-order valence-electron chi connectivity index (χ0n) is 40.8. The summed E-state index contributed by atoms with van der Waals surface area (Å²) >= 11 is 2.20. The second-order valence-electron chi connectivity index (χ2n) is 17.1. The molecule has 0 aliphatic heterocycles. The number of carbonyl (C=O) groups is 1. The van der Waals surface area contributed by atoms with Crippen LogP contribution >= 0.6 is 23.1 Å². The number of amides is 1. The van der Waals surface area contributed by atoms with Gasteiger partial charge in [0.15, 0.2) is 11.3 Å². The summed E-state index contributed by atoms with van der Waals surface area (Å²) in [5.41, 5.74) is 0.146. The molecule has 5 aromatic carbocycles. The van der Waals surface area contributed by atoms with Crippen molar-refractivity contribution in [1.29, 1.82) is 5.26 Å². The van der Waals surface area contributed by atoms with E-state index in [1.54, 1.807) is 50.2 Å². The zero-order valence-corrected chi connectivity index (χ0v) is 45.7. The molecule has 1 amide bonds. The lowest BCUT2D eigenvalue weighted by Gasteiger charge is -2.12. The first kappa shape index (κ1) is 56.7. The Labute approximate surface area is 451 Å². The second-order valence-corrected chi connectivity index (χ2v) is 25.1. The Morgan fingerprint density at radius 1 is 0.769 bits per heavy atom. The first-order chi connectivity index (χ1) is 36.6.